The summed E-state index contributed by atoms with van der Waals surface area (Å²) < 4.78 is 1.77. The molecule has 0 unspecified atom stereocenters. The van der Waals surface area contributed by atoms with Crippen LogP contribution in [0.5, 0.6) is 0 Å². The molecule has 0 bridgehead atoms. The maximum absolute atomic E-state index is 12.6. The molecule has 0 spiro atoms. The van der Waals surface area contributed by atoms with Crippen molar-refractivity contribution in [3.05, 3.63) is 71.3 Å². The Balaban J connectivity index is 1.67. The van der Waals surface area contributed by atoms with Crippen molar-refractivity contribution in [2.45, 2.75) is 33.2 Å². The van der Waals surface area contributed by atoms with E-state index in [0.717, 1.165) is 28.5 Å². The van der Waals surface area contributed by atoms with Crippen LogP contribution in [0.4, 0.5) is 0 Å². The monoisotopic (exact) mass is 373 g/mol. The van der Waals surface area contributed by atoms with Gasteiger partial charge in [0.1, 0.15) is 0 Å². The maximum atomic E-state index is 12.6. The van der Waals surface area contributed by atoms with Gasteiger partial charge in [0.25, 0.3) is 0 Å². The highest BCUT2D eigenvalue weighted by Crippen LogP contribution is 2.22. The van der Waals surface area contributed by atoms with Gasteiger partial charge in [-0.25, -0.2) is 0 Å². The fraction of sp³-hybridized carbons (Fsp3) is 0.273. The molecule has 2 aromatic carbocycles. The highest BCUT2D eigenvalue weighted by atomic mass is 16.2. The molecule has 0 aliphatic heterocycles. The minimum absolute atomic E-state index is 0.130. The first-order valence-electron chi connectivity index (χ1n) is 9.57. The number of fused-ring (bicyclic) bond motifs is 3. The predicted molar refractivity (Wildman–Crippen MR) is 109 cm³/mol. The fourth-order valence-corrected chi connectivity index (χ4v) is 3.51. The Labute approximate surface area is 163 Å². The Morgan fingerprint density at radius 1 is 1.11 bits per heavy atom. The third-order valence-corrected chi connectivity index (χ3v) is 5.03. The molecule has 0 aliphatic rings. The standard InChI is InChI=1S/C22H23N5O/c1-3-21(28)26(12-11-17-7-5-4-6-8-17)15-19-14-18-10-9-16(2)13-20(18)27-22(19)23-24-25-27/h4-10,13-14H,3,11-12,15H2,1-2H3. The van der Waals surface area contributed by atoms with E-state index in [1.807, 2.05) is 30.0 Å². The van der Waals surface area contributed by atoms with Crippen LogP contribution in [0.1, 0.15) is 30.0 Å². The number of aromatic nitrogens is 4. The molecule has 4 rings (SSSR count). The number of nitrogens with zero attached hydrogens (tertiary/aromatic N) is 5. The van der Waals surface area contributed by atoms with Gasteiger partial charge in [0, 0.05) is 30.5 Å². The lowest BCUT2D eigenvalue weighted by Gasteiger charge is -2.23. The van der Waals surface area contributed by atoms with Gasteiger partial charge < -0.3 is 4.90 Å². The lowest BCUT2D eigenvalue weighted by molar-refractivity contribution is -0.131. The van der Waals surface area contributed by atoms with E-state index in [9.17, 15) is 4.79 Å². The molecule has 0 atom stereocenters. The quantitative estimate of drug-likeness (QED) is 0.518. The zero-order valence-electron chi connectivity index (χ0n) is 16.2. The van der Waals surface area contributed by atoms with Crippen molar-refractivity contribution in [1.82, 2.24) is 24.9 Å². The number of hydrogen-bond acceptors (Lipinski definition) is 4. The molecule has 0 N–H and O–H groups in total. The first kappa shape index (κ1) is 18.1. The largest absolute Gasteiger partial charge is 0.338 e. The van der Waals surface area contributed by atoms with E-state index in [1.54, 1.807) is 4.52 Å². The van der Waals surface area contributed by atoms with Gasteiger partial charge in [-0.2, -0.15) is 4.52 Å². The van der Waals surface area contributed by atoms with Gasteiger partial charge in [-0.1, -0.05) is 49.4 Å². The number of carbonyl (C=O) groups excluding carboxylic acids is 1. The smallest absolute Gasteiger partial charge is 0.222 e. The summed E-state index contributed by atoms with van der Waals surface area (Å²) in [6.07, 6.45) is 1.30. The number of aryl methyl sites for hydroxylation is 1. The minimum Gasteiger partial charge on any atom is -0.338 e. The van der Waals surface area contributed by atoms with Crippen LogP contribution in [0.15, 0.2) is 54.6 Å². The Bertz CT molecular complexity index is 1120. The average Bonchev–Trinajstić information content (AvgIpc) is 3.22. The number of rotatable bonds is 6. The van der Waals surface area contributed by atoms with Crippen LogP contribution < -0.4 is 0 Å². The van der Waals surface area contributed by atoms with E-state index in [2.05, 4.69) is 58.8 Å². The second-order valence-electron chi connectivity index (χ2n) is 7.05. The van der Waals surface area contributed by atoms with E-state index in [-0.39, 0.29) is 5.91 Å². The van der Waals surface area contributed by atoms with Gasteiger partial charge in [-0.3, -0.25) is 4.79 Å². The highest BCUT2D eigenvalue weighted by Gasteiger charge is 2.17. The van der Waals surface area contributed by atoms with Crippen LogP contribution in [0.25, 0.3) is 16.6 Å². The van der Waals surface area contributed by atoms with E-state index in [0.29, 0.717) is 25.2 Å². The number of benzene rings is 2. The van der Waals surface area contributed by atoms with Crippen LogP contribution in [0.2, 0.25) is 0 Å². The number of carbonyl (C=O) groups is 1. The topological polar surface area (TPSA) is 63.4 Å². The lowest BCUT2D eigenvalue weighted by atomic mass is 10.1. The summed E-state index contributed by atoms with van der Waals surface area (Å²) in [5.74, 6) is 0.130. The number of pyridine rings is 1. The van der Waals surface area contributed by atoms with Crippen LogP contribution >= 0.6 is 0 Å². The predicted octanol–water partition coefficient (Wildman–Crippen LogP) is 3.57. The van der Waals surface area contributed by atoms with E-state index in [4.69, 9.17) is 0 Å². The SMILES string of the molecule is CCC(=O)N(CCc1ccccc1)Cc1cc2ccc(C)cc2n2nnnc12. The van der Waals surface area contributed by atoms with Crippen molar-refractivity contribution in [2.24, 2.45) is 0 Å². The molecule has 6 heteroatoms. The summed E-state index contributed by atoms with van der Waals surface area (Å²) in [4.78, 5) is 14.5. The average molecular weight is 373 g/mol. The van der Waals surface area contributed by atoms with Crippen molar-refractivity contribution in [2.75, 3.05) is 6.54 Å². The van der Waals surface area contributed by atoms with E-state index < -0.39 is 0 Å². The minimum atomic E-state index is 0.130. The van der Waals surface area contributed by atoms with Crippen LogP contribution in [0, 0.1) is 6.92 Å². The second kappa shape index (κ2) is 7.76. The number of amides is 1. The Morgan fingerprint density at radius 3 is 2.71 bits per heavy atom. The van der Waals surface area contributed by atoms with Crippen molar-refractivity contribution >= 4 is 22.5 Å². The van der Waals surface area contributed by atoms with Crippen molar-refractivity contribution in [1.29, 1.82) is 0 Å². The molecule has 0 aliphatic carbocycles. The zero-order valence-corrected chi connectivity index (χ0v) is 16.2. The normalized spacial score (nSPS) is 11.2. The Kier molecular flexibility index (Phi) is 5.02. The van der Waals surface area contributed by atoms with Crippen molar-refractivity contribution < 1.29 is 4.79 Å². The molecule has 1 amide bonds. The molecule has 142 valence electrons. The molecule has 0 saturated carbocycles. The third kappa shape index (κ3) is 3.58. The summed E-state index contributed by atoms with van der Waals surface area (Å²) >= 11 is 0. The summed E-state index contributed by atoms with van der Waals surface area (Å²) in [7, 11) is 0. The Hall–Kier alpha value is -3.28. The van der Waals surface area contributed by atoms with Gasteiger partial charge in [0.05, 0.1) is 5.52 Å². The van der Waals surface area contributed by atoms with Crippen LogP contribution in [-0.2, 0) is 17.8 Å². The molecule has 6 nitrogen and oxygen atoms in total. The van der Waals surface area contributed by atoms with Gasteiger partial charge in [0.2, 0.25) is 5.91 Å². The molecule has 28 heavy (non-hydrogen) atoms. The molecule has 2 aromatic heterocycles. The summed E-state index contributed by atoms with van der Waals surface area (Å²) in [6.45, 7) is 5.10. The number of hydrogen-bond donors (Lipinski definition) is 0. The van der Waals surface area contributed by atoms with E-state index in [1.165, 1.54) is 5.56 Å². The van der Waals surface area contributed by atoms with Crippen LogP contribution in [-0.4, -0.2) is 37.4 Å². The fourth-order valence-electron chi connectivity index (χ4n) is 3.51. The Morgan fingerprint density at radius 2 is 1.93 bits per heavy atom. The molecular formula is C22H23N5O. The summed E-state index contributed by atoms with van der Waals surface area (Å²) in [5.41, 5.74) is 5.01. The molecule has 0 radical (unpaired) electrons. The molecule has 0 saturated heterocycles. The summed E-state index contributed by atoms with van der Waals surface area (Å²) in [6, 6.07) is 18.6. The molecule has 2 heterocycles. The molecule has 4 aromatic rings. The van der Waals surface area contributed by atoms with Gasteiger partial charge in [-0.05, 0) is 47.0 Å². The van der Waals surface area contributed by atoms with E-state index >= 15 is 0 Å². The molecule has 0 fully saturated rings. The lowest BCUT2D eigenvalue weighted by Crippen LogP contribution is -2.32. The highest BCUT2D eigenvalue weighted by molar-refractivity contribution is 5.84. The first-order valence-corrected chi connectivity index (χ1v) is 9.57. The first-order chi connectivity index (χ1) is 13.7. The zero-order chi connectivity index (χ0) is 19.5. The third-order valence-electron chi connectivity index (χ3n) is 5.03. The number of tetrazole rings is 1. The maximum Gasteiger partial charge on any atom is 0.222 e. The van der Waals surface area contributed by atoms with Crippen molar-refractivity contribution in [3.8, 4) is 0 Å². The van der Waals surface area contributed by atoms with Crippen LogP contribution in [0.3, 0.4) is 0 Å². The van der Waals surface area contributed by atoms with Crippen molar-refractivity contribution in [3.63, 3.8) is 0 Å². The summed E-state index contributed by atoms with van der Waals surface area (Å²) in [5, 5.41) is 13.3. The van der Waals surface area contributed by atoms with Gasteiger partial charge >= 0.3 is 0 Å². The second-order valence-corrected chi connectivity index (χ2v) is 7.05. The van der Waals surface area contributed by atoms with Gasteiger partial charge in [-0.15, -0.1) is 5.10 Å². The van der Waals surface area contributed by atoms with Gasteiger partial charge in [0.15, 0.2) is 5.65 Å². The molecular weight excluding hydrogens is 350 g/mol.